The van der Waals surface area contributed by atoms with Crippen LogP contribution >= 0.6 is 0 Å². The van der Waals surface area contributed by atoms with Gasteiger partial charge >= 0.3 is 0 Å². The molecule has 4 heteroatoms. The van der Waals surface area contributed by atoms with Crippen molar-refractivity contribution in [3.05, 3.63) is 29.8 Å². The van der Waals surface area contributed by atoms with E-state index in [9.17, 15) is 4.79 Å². The van der Waals surface area contributed by atoms with Crippen molar-refractivity contribution in [1.29, 1.82) is 0 Å². The van der Waals surface area contributed by atoms with Crippen LogP contribution in [0, 0.1) is 0 Å². The Kier molecular flexibility index (Phi) is 6.36. The number of amides is 1. The lowest BCUT2D eigenvalue weighted by Gasteiger charge is -2.27. The Balaban J connectivity index is 2.62. The van der Waals surface area contributed by atoms with Gasteiger partial charge in [-0.05, 0) is 38.0 Å². The van der Waals surface area contributed by atoms with Crippen LogP contribution in [0.15, 0.2) is 24.3 Å². The molecule has 0 saturated heterocycles. The molecule has 0 aliphatic heterocycles. The first-order chi connectivity index (χ1) is 9.04. The van der Waals surface area contributed by atoms with Crippen LogP contribution in [0.4, 0.5) is 5.69 Å². The van der Waals surface area contributed by atoms with Crippen molar-refractivity contribution >= 4 is 11.6 Å². The van der Waals surface area contributed by atoms with Gasteiger partial charge in [-0.1, -0.05) is 19.1 Å². The van der Waals surface area contributed by atoms with Gasteiger partial charge in [-0.15, -0.1) is 0 Å². The Hall–Kier alpha value is -1.55. The minimum atomic E-state index is 0.0280. The minimum Gasteiger partial charge on any atom is -0.399 e. The Bertz CT molecular complexity index is 388. The molecular weight excluding hydrogens is 240 g/mol. The van der Waals surface area contributed by atoms with Gasteiger partial charge in [-0.3, -0.25) is 4.79 Å². The van der Waals surface area contributed by atoms with Crippen molar-refractivity contribution in [1.82, 2.24) is 4.90 Å². The highest BCUT2D eigenvalue weighted by atomic mass is 16.5. The highest BCUT2D eigenvalue weighted by Gasteiger charge is 2.17. The number of carbonyl (C=O) groups excluding carboxylic acids is 1. The van der Waals surface area contributed by atoms with Crippen LogP contribution in [0.2, 0.25) is 0 Å². The smallest absolute Gasteiger partial charge is 0.249 e. The van der Waals surface area contributed by atoms with Crippen molar-refractivity contribution in [3.63, 3.8) is 0 Å². The predicted octanol–water partition coefficient (Wildman–Crippen LogP) is 2.43. The van der Waals surface area contributed by atoms with E-state index in [1.165, 1.54) is 0 Å². The molecule has 1 aromatic carbocycles. The molecule has 0 radical (unpaired) electrons. The summed E-state index contributed by atoms with van der Waals surface area (Å²) < 4.78 is 5.32. The summed E-state index contributed by atoms with van der Waals surface area (Å²) >= 11 is 0. The largest absolute Gasteiger partial charge is 0.399 e. The minimum absolute atomic E-state index is 0.0280. The van der Waals surface area contributed by atoms with Crippen molar-refractivity contribution < 1.29 is 9.53 Å². The third kappa shape index (κ3) is 5.30. The number of benzene rings is 1. The summed E-state index contributed by atoms with van der Waals surface area (Å²) in [5.41, 5.74) is 7.47. The molecule has 0 heterocycles. The first kappa shape index (κ1) is 15.5. The lowest BCUT2D eigenvalue weighted by Crippen LogP contribution is -2.38. The fourth-order valence-electron chi connectivity index (χ4n) is 1.77. The van der Waals surface area contributed by atoms with Crippen molar-refractivity contribution in [2.75, 3.05) is 18.9 Å². The van der Waals surface area contributed by atoms with Gasteiger partial charge in [0, 0.05) is 24.9 Å². The van der Waals surface area contributed by atoms with E-state index in [1.807, 2.05) is 49.9 Å². The van der Waals surface area contributed by atoms with Crippen LogP contribution in [0.1, 0.15) is 32.8 Å². The molecule has 0 aliphatic rings. The standard InChI is InChI=1S/C15H24N2O2/c1-4-9-19-11-15(18)17(12(2)3)10-13-5-7-14(16)8-6-13/h5-8,12H,4,9-11,16H2,1-3H3. The van der Waals surface area contributed by atoms with Gasteiger partial charge in [-0.2, -0.15) is 0 Å². The Labute approximate surface area is 115 Å². The molecule has 0 unspecified atom stereocenters. The van der Waals surface area contributed by atoms with Gasteiger partial charge in [0.2, 0.25) is 5.91 Å². The van der Waals surface area contributed by atoms with Gasteiger partial charge < -0.3 is 15.4 Å². The van der Waals surface area contributed by atoms with Gasteiger partial charge in [0.05, 0.1) is 0 Å². The topological polar surface area (TPSA) is 55.6 Å². The number of nitrogens with zero attached hydrogens (tertiary/aromatic N) is 1. The zero-order valence-electron chi connectivity index (χ0n) is 12.1. The zero-order valence-corrected chi connectivity index (χ0v) is 12.1. The second-order valence-corrected chi connectivity index (χ2v) is 4.91. The number of rotatable bonds is 7. The molecule has 0 aromatic heterocycles. The summed E-state index contributed by atoms with van der Waals surface area (Å²) in [6.45, 7) is 7.41. The summed E-state index contributed by atoms with van der Waals surface area (Å²) in [5.74, 6) is 0.0280. The van der Waals surface area contributed by atoms with E-state index in [-0.39, 0.29) is 18.6 Å². The number of nitrogens with two attached hydrogens (primary N) is 1. The number of ether oxygens (including phenoxy) is 1. The average molecular weight is 264 g/mol. The van der Waals surface area contributed by atoms with Crippen LogP contribution in [-0.2, 0) is 16.1 Å². The summed E-state index contributed by atoms with van der Waals surface area (Å²) in [7, 11) is 0. The normalized spacial score (nSPS) is 10.7. The maximum absolute atomic E-state index is 12.1. The maximum Gasteiger partial charge on any atom is 0.249 e. The molecule has 1 rings (SSSR count). The number of hydrogen-bond acceptors (Lipinski definition) is 3. The second kappa shape index (κ2) is 7.79. The van der Waals surface area contributed by atoms with Crippen LogP contribution < -0.4 is 5.73 Å². The van der Waals surface area contributed by atoms with E-state index in [1.54, 1.807) is 0 Å². The molecular formula is C15H24N2O2. The first-order valence-corrected chi connectivity index (χ1v) is 6.76. The quantitative estimate of drug-likeness (QED) is 0.608. The van der Waals surface area contributed by atoms with Crippen LogP contribution in [0.3, 0.4) is 0 Å². The molecule has 0 saturated carbocycles. The average Bonchev–Trinajstić information content (AvgIpc) is 2.37. The van der Waals surface area contributed by atoms with Gasteiger partial charge in [-0.25, -0.2) is 0 Å². The van der Waals surface area contributed by atoms with Crippen molar-refractivity contribution in [3.8, 4) is 0 Å². The number of anilines is 1. The number of nitrogen functional groups attached to an aromatic ring is 1. The molecule has 2 N–H and O–H groups in total. The third-order valence-electron chi connectivity index (χ3n) is 2.85. The fraction of sp³-hybridized carbons (Fsp3) is 0.533. The lowest BCUT2D eigenvalue weighted by atomic mass is 10.1. The van der Waals surface area contributed by atoms with E-state index in [4.69, 9.17) is 10.5 Å². The van der Waals surface area contributed by atoms with Crippen LogP contribution in [0.25, 0.3) is 0 Å². The molecule has 0 spiro atoms. The molecule has 1 aromatic rings. The Morgan fingerprint density at radius 3 is 2.47 bits per heavy atom. The molecule has 19 heavy (non-hydrogen) atoms. The summed E-state index contributed by atoms with van der Waals surface area (Å²) in [5, 5.41) is 0. The van der Waals surface area contributed by atoms with E-state index in [2.05, 4.69) is 0 Å². The number of carbonyl (C=O) groups is 1. The molecule has 0 atom stereocenters. The van der Waals surface area contributed by atoms with E-state index in [0.29, 0.717) is 13.2 Å². The molecule has 0 aliphatic carbocycles. The highest BCUT2D eigenvalue weighted by Crippen LogP contribution is 2.11. The van der Waals surface area contributed by atoms with Crippen molar-refractivity contribution in [2.45, 2.75) is 39.8 Å². The fourth-order valence-corrected chi connectivity index (χ4v) is 1.77. The summed E-state index contributed by atoms with van der Waals surface area (Å²) in [4.78, 5) is 13.9. The van der Waals surface area contributed by atoms with E-state index in [0.717, 1.165) is 17.7 Å². The predicted molar refractivity (Wildman–Crippen MR) is 77.7 cm³/mol. The van der Waals surface area contributed by atoms with E-state index >= 15 is 0 Å². The number of hydrogen-bond donors (Lipinski definition) is 1. The first-order valence-electron chi connectivity index (χ1n) is 6.76. The second-order valence-electron chi connectivity index (χ2n) is 4.91. The molecule has 106 valence electrons. The monoisotopic (exact) mass is 264 g/mol. The lowest BCUT2D eigenvalue weighted by molar-refractivity contribution is -0.138. The third-order valence-corrected chi connectivity index (χ3v) is 2.85. The van der Waals surface area contributed by atoms with Gasteiger partial charge in [0.1, 0.15) is 6.61 Å². The van der Waals surface area contributed by atoms with Gasteiger partial charge in [0.25, 0.3) is 0 Å². The summed E-state index contributed by atoms with van der Waals surface area (Å²) in [6, 6.07) is 7.75. The maximum atomic E-state index is 12.1. The van der Waals surface area contributed by atoms with Crippen LogP contribution in [0.5, 0.6) is 0 Å². The van der Waals surface area contributed by atoms with Gasteiger partial charge in [0.15, 0.2) is 0 Å². The van der Waals surface area contributed by atoms with Crippen LogP contribution in [-0.4, -0.2) is 30.1 Å². The zero-order chi connectivity index (χ0) is 14.3. The SMILES string of the molecule is CCCOCC(=O)N(Cc1ccc(N)cc1)C(C)C. The molecule has 4 nitrogen and oxygen atoms in total. The van der Waals surface area contributed by atoms with E-state index < -0.39 is 0 Å². The van der Waals surface area contributed by atoms with Crippen molar-refractivity contribution in [2.24, 2.45) is 0 Å². The summed E-state index contributed by atoms with van der Waals surface area (Å²) in [6.07, 6.45) is 0.924. The molecule has 0 bridgehead atoms. The molecule has 1 amide bonds. The Morgan fingerprint density at radius 1 is 1.32 bits per heavy atom. The Morgan fingerprint density at radius 2 is 1.95 bits per heavy atom. The molecule has 0 fully saturated rings. The highest BCUT2D eigenvalue weighted by molar-refractivity contribution is 5.77.